The molecule has 8 nitrogen and oxygen atoms in total. The third-order valence-corrected chi connectivity index (χ3v) is 4.36. The molecule has 0 atom stereocenters. The van der Waals surface area contributed by atoms with Crippen LogP contribution < -0.4 is 0 Å². The highest BCUT2D eigenvalue weighted by atomic mass is 31.3. The Balaban J connectivity index is 4.44. The van der Waals surface area contributed by atoms with Gasteiger partial charge in [-0.3, -0.25) is 0 Å². The molecule has 0 saturated heterocycles. The summed E-state index contributed by atoms with van der Waals surface area (Å²) in [7, 11) is -9.70. The molecule has 0 spiro atoms. The lowest BCUT2D eigenvalue weighted by Crippen LogP contribution is -2.08. The minimum absolute atomic E-state index is 0.0656. The van der Waals surface area contributed by atoms with Gasteiger partial charge in [-0.15, -0.1) is 0 Å². The Labute approximate surface area is 93.4 Å². The highest BCUT2D eigenvalue weighted by Gasteiger charge is 2.51. The monoisotopic (exact) mass is 276 g/mol. The van der Waals surface area contributed by atoms with E-state index in [1.54, 1.807) is 6.92 Å². The molecule has 0 rings (SSSR count). The van der Waals surface area contributed by atoms with Gasteiger partial charge in [0.25, 0.3) is 0 Å². The fraction of sp³-hybridized carbons (Fsp3) is 0.833. The topological polar surface area (TPSA) is 140 Å². The van der Waals surface area contributed by atoms with Crippen LogP contribution in [0.2, 0.25) is 0 Å². The molecule has 0 aromatic rings. The predicted molar refractivity (Wildman–Crippen MR) is 59.0 cm³/mol. The Morgan fingerprint density at radius 2 is 1.94 bits per heavy atom. The van der Waals surface area contributed by atoms with E-state index in [1.165, 1.54) is 0 Å². The summed E-state index contributed by atoms with van der Waals surface area (Å²) in [5.74, 6) is 0. The molecular formula is C6H16NO7P2+. The normalized spacial score (nSPS) is 14.2. The molecule has 0 heterocycles. The lowest BCUT2D eigenvalue weighted by molar-refractivity contribution is 0.146. The van der Waals surface area contributed by atoms with Crippen molar-refractivity contribution < 1.29 is 33.8 Å². The summed E-state index contributed by atoms with van der Waals surface area (Å²) in [4.78, 5) is 47.1. The first-order valence-corrected chi connectivity index (χ1v) is 7.71. The van der Waals surface area contributed by atoms with Crippen LogP contribution in [0.25, 0.3) is 0 Å². The fourth-order valence-corrected chi connectivity index (χ4v) is 2.82. The zero-order valence-corrected chi connectivity index (χ0v) is 10.5. The van der Waals surface area contributed by atoms with Crippen LogP contribution >= 0.6 is 15.5 Å². The van der Waals surface area contributed by atoms with Crippen molar-refractivity contribution in [3.05, 3.63) is 0 Å². The lowest BCUT2D eigenvalue weighted by atomic mass is 10.5. The van der Waals surface area contributed by atoms with Gasteiger partial charge in [0.15, 0.2) is 0 Å². The SMILES string of the molecule is CCOCCCN=C(P(=O)(O)O)[P+](O)(O)O. The van der Waals surface area contributed by atoms with Crippen molar-refractivity contribution in [1.82, 2.24) is 0 Å². The smallest absolute Gasteiger partial charge is 0.382 e. The zero-order valence-electron chi connectivity index (χ0n) is 8.72. The molecule has 0 aromatic carbocycles. The lowest BCUT2D eigenvalue weighted by Gasteiger charge is -2.07. The highest BCUT2D eigenvalue weighted by molar-refractivity contribution is 8.00. The predicted octanol–water partition coefficient (Wildman–Crippen LogP) is -0.314. The second-order valence-corrected chi connectivity index (χ2v) is 6.27. The summed E-state index contributed by atoms with van der Waals surface area (Å²) in [5, 5.41) is -1.25. The van der Waals surface area contributed by atoms with E-state index in [1.807, 2.05) is 0 Å². The van der Waals surface area contributed by atoms with E-state index < -0.39 is 20.7 Å². The molecule has 0 aliphatic rings. The Bertz CT molecular complexity index is 281. The Morgan fingerprint density at radius 1 is 1.38 bits per heavy atom. The zero-order chi connectivity index (χ0) is 12.8. The maximum absolute atomic E-state index is 10.8. The van der Waals surface area contributed by atoms with Crippen LogP contribution in [0, 0.1) is 0 Å². The van der Waals surface area contributed by atoms with Crippen molar-refractivity contribution in [3.8, 4) is 0 Å². The molecule has 0 fully saturated rings. The van der Waals surface area contributed by atoms with E-state index in [0.29, 0.717) is 19.6 Å². The fourth-order valence-electron chi connectivity index (χ4n) is 0.852. The van der Waals surface area contributed by atoms with Gasteiger partial charge >= 0.3 is 20.7 Å². The third-order valence-electron chi connectivity index (χ3n) is 1.43. The van der Waals surface area contributed by atoms with Crippen LogP contribution in [0.15, 0.2) is 4.99 Å². The van der Waals surface area contributed by atoms with Crippen LogP contribution in [0.3, 0.4) is 0 Å². The first-order valence-electron chi connectivity index (χ1n) is 4.45. The molecular weight excluding hydrogens is 260 g/mol. The van der Waals surface area contributed by atoms with E-state index in [9.17, 15) is 4.57 Å². The Hall–Kier alpha value is 0.0900. The van der Waals surface area contributed by atoms with E-state index in [-0.39, 0.29) is 6.54 Å². The van der Waals surface area contributed by atoms with Crippen LogP contribution in [0.4, 0.5) is 0 Å². The minimum atomic E-state index is -4.94. The van der Waals surface area contributed by atoms with Gasteiger partial charge in [0.2, 0.25) is 0 Å². The molecule has 10 heteroatoms. The van der Waals surface area contributed by atoms with Gasteiger partial charge in [0, 0.05) is 19.8 Å². The van der Waals surface area contributed by atoms with Gasteiger partial charge in [0.1, 0.15) is 0 Å². The molecule has 0 aromatic heterocycles. The largest absolute Gasteiger partial charge is 0.469 e. The van der Waals surface area contributed by atoms with E-state index in [0.717, 1.165) is 0 Å². The number of hydrogen-bond donors (Lipinski definition) is 5. The summed E-state index contributed by atoms with van der Waals surface area (Å²) in [6.45, 7) is 2.56. The first kappa shape index (κ1) is 16.1. The van der Waals surface area contributed by atoms with Crippen molar-refractivity contribution in [2.45, 2.75) is 13.3 Å². The van der Waals surface area contributed by atoms with Crippen molar-refractivity contribution in [2.24, 2.45) is 4.99 Å². The number of aliphatic imine (C=N–C) groups is 1. The number of ether oxygens (including phenoxy) is 1. The maximum Gasteiger partial charge on any atom is 0.469 e. The van der Waals surface area contributed by atoms with Gasteiger partial charge in [-0.05, 0) is 13.3 Å². The Kier molecular flexibility index (Phi) is 6.77. The highest BCUT2D eigenvalue weighted by Crippen LogP contribution is 2.60. The Morgan fingerprint density at radius 3 is 2.31 bits per heavy atom. The van der Waals surface area contributed by atoms with Crippen LogP contribution in [-0.4, -0.2) is 49.4 Å². The summed E-state index contributed by atoms with van der Waals surface area (Å²) >= 11 is 0. The average molecular weight is 276 g/mol. The van der Waals surface area contributed by atoms with Crippen LogP contribution in [0.1, 0.15) is 13.3 Å². The van der Waals surface area contributed by atoms with Crippen molar-refractivity contribution >= 4 is 20.7 Å². The maximum atomic E-state index is 10.8. The minimum Gasteiger partial charge on any atom is -0.382 e. The van der Waals surface area contributed by atoms with Gasteiger partial charge in [-0.1, -0.05) is 0 Å². The van der Waals surface area contributed by atoms with Gasteiger partial charge < -0.3 is 14.5 Å². The average Bonchev–Trinajstić information content (AvgIpc) is 2.06. The van der Waals surface area contributed by atoms with E-state index >= 15 is 0 Å². The number of hydrogen-bond acceptors (Lipinski definition) is 6. The van der Waals surface area contributed by atoms with E-state index in [4.69, 9.17) is 29.2 Å². The molecule has 0 aliphatic heterocycles. The molecule has 16 heavy (non-hydrogen) atoms. The van der Waals surface area contributed by atoms with Crippen molar-refractivity contribution in [2.75, 3.05) is 19.8 Å². The molecule has 96 valence electrons. The van der Waals surface area contributed by atoms with Crippen LogP contribution in [0.5, 0.6) is 0 Å². The first-order chi connectivity index (χ1) is 7.19. The van der Waals surface area contributed by atoms with Crippen molar-refractivity contribution in [3.63, 3.8) is 0 Å². The standard InChI is InChI=1S/C6H15NO7P2/c1-2-14-5-3-4-7-6(15(8,9)10)16(11,12)13/h8-10H,2-5H2,1H3,(H-,11,12,13)/p+1. The number of nitrogens with zero attached hydrogens (tertiary/aromatic N) is 1. The summed E-state index contributed by atoms with van der Waals surface area (Å²) < 4.78 is 15.7. The summed E-state index contributed by atoms with van der Waals surface area (Å²) in [6, 6.07) is 0. The van der Waals surface area contributed by atoms with Gasteiger partial charge in [-0.2, -0.15) is 14.7 Å². The summed E-state index contributed by atoms with van der Waals surface area (Å²) in [6.07, 6.45) is 0.358. The molecule has 0 saturated carbocycles. The van der Waals surface area contributed by atoms with Gasteiger partial charge in [0.05, 0.1) is 0 Å². The molecule has 0 amide bonds. The van der Waals surface area contributed by atoms with Crippen molar-refractivity contribution in [1.29, 1.82) is 0 Å². The van der Waals surface area contributed by atoms with Crippen LogP contribution in [-0.2, 0) is 9.30 Å². The molecule has 0 radical (unpaired) electrons. The molecule has 5 N–H and O–H groups in total. The molecule has 0 aliphatic carbocycles. The second-order valence-electron chi connectivity index (χ2n) is 2.84. The number of rotatable bonds is 7. The third kappa shape index (κ3) is 6.62. The van der Waals surface area contributed by atoms with Gasteiger partial charge in [-0.25, -0.2) is 9.56 Å². The quantitative estimate of drug-likeness (QED) is 0.244. The summed E-state index contributed by atoms with van der Waals surface area (Å²) in [5.41, 5.74) is 0. The van der Waals surface area contributed by atoms with E-state index in [2.05, 4.69) is 4.99 Å². The molecule has 0 bridgehead atoms. The second kappa shape index (κ2) is 6.74. The molecule has 0 unspecified atom stereocenters.